The van der Waals surface area contributed by atoms with Crippen molar-refractivity contribution in [2.24, 2.45) is 0 Å². The molecule has 0 fully saturated rings. The van der Waals surface area contributed by atoms with E-state index in [0.717, 1.165) is 19.3 Å². The number of carboxylic acids is 1. The molecule has 0 aliphatic carbocycles. The second-order valence-electron chi connectivity index (χ2n) is 7.33. The van der Waals surface area contributed by atoms with Crippen LogP contribution in [0.1, 0.15) is 103 Å². The molecule has 0 aliphatic rings. The molecule has 0 unspecified atom stereocenters. The SMILES string of the molecule is CCCCCCCCCCCCCCCC(=O)NCS(=O)(=O)CCC(=O)O. The van der Waals surface area contributed by atoms with Crippen molar-refractivity contribution in [1.82, 2.24) is 5.32 Å². The van der Waals surface area contributed by atoms with Gasteiger partial charge in [-0.3, -0.25) is 9.59 Å². The summed E-state index contributed by atoms with van der Waals surface area (Å²) in [6.45, 7) is 2.24. The summed E-state index contributed by atoms with van der Waals surface area (Å²) in [7, 11) is -3.54. The molecule has 0 saturated heterocycles. The highest BCUT2D eigenvalue weighted by Gasteiger charge is 2.14. The Morgan fingerprint density at radius 3 is 1.63 bits per heavy atom. The molecule has 2 N–H and O–H groups in total. The minimum atomic E-state index is -3.54. The lowest BCUT2D eigenvalue weighted by Gasteiger charge is -2.06. The van der Waals surface area contributed by atoms with Crippen molar-refractivity contribution in [2.45, 2.75) is 103 Å². The van der Waals surface area contributed by atoms with Crippen LogP contribution in [0.5, 0.6) is 0 Å². The standard InChI is InChI=1S/C20H39NO5S/c1-2-3-4-5-6-7-8-9-10-11-12-13-14-15-19(22)21-18-27(25,26)17-16-20(23)24/h2-18H2,1H3,(H,21,22)(H,23,24). The third kappa shape index (κ3) is 19.5. The number of carbonyl (C=O) groups is 2. The van der Waals surface area contributed by atoms with E-state index in [9.17, 15) is 18.0 Å². The van der Waals surface area contributed by atoms with Crippen LogP contribution in [0, 0.1) is 0 Å². The molecule has 0 saturated carbocycles. The molecule has 1 amide bonds. The summed E-state index contributed by atoms with van der Waals surface area (Å²) in [5.74, 6) is -2.35. The Kier molecular flexibility index (Phi) is 16.3. The Balaban J connectivity index is 3.42. The van der Waals surface area contributed by atoms with Gasteiger partial charge in [-0.15, -0.1) is 0 Å². The summed E-state index contributed by atoms with van der Waals surface area (Å²) in [6, 6.07) is 0. The Bertz CT molecular complexity index is 491. The topological polar surface area (TPSA) is 101 Å². The molecule has 0 aromatic rings. The Labute approximate surface area is 165 Å². The van der Waals surface area contributed by atoms with Gasteiger partial charge in [0.15, 0.2) is 9.84 Å². The number of hydrogen-bond acceptors (Lipinski definition) is 4. The average molecular weight is 406 g/mol. The van der Waals surface area contributed by atoms with Crippen molar-refractivity contribution in [1.29, 1.82) is 0 Å². The molecule has 0 rings (SSSR count). The van der Waals surface area contributed by atoms with E-state index in [1.807, 2.05) is 0 Å². The maximum Gasteiger partial charge on any atom is 0.304 e. The molecule has 0 aromatic carbocycles. The zero-order chi connectivity index (χ0) is 20.4. The van der Waals surface area contributed by atoms with Crippen LogP contribution in [-0.4, -0.2) is 37.0 Å². The highest BCUT2D eigenvalue weighted by Crippen LogP contribution is 2.12. The number of sulfone groups is 1. The van der Waals surface area contributed by atoms with Gasteiger partial charge in [-0.05, 0) is 6.42 Å². The van der Waals surface area contributed by atoms with E-state index in [0.29, 0.717) is 6.42 Å². The van der Waals surface area contributed by atoms with E-state index in [-0.39, 0.29) is 5.91 Å². The fraction of sp³-hybridized carbons (Fsp3) is 0.900. The minimum absolute atomic E-state index is 0.281. The number of nitrogens with one attached hydrogen (secondary N) is 1. The summed E-state index contributed by atoms with van der Waals surface area (Å²) in [6.07, 6.45) is 15.9. The molecule has 0 spiro atoms. The van der Waals surface area contributed by atoms with Crippen LogP contribution in [0.4, 0.5) is 0 Å². The Morgan fingerprint density at radius 2 is 1.19 bits per heavy atom. The molecule has 0 radical (unpaired) electrons. The largest absolute Gasteiger partial charge is 0.481 e. The van der Waals surface area contributed by atoms with Crippen molar-refractivity contribution >= 4 is 21.7 Å². The molecule has 0 aromatic heterocycles. The number of amides is 1. The van der Waals surface area contributed by atoms with Crippen molar-refractivity contribution in [3.8, 4) is 0 Å². The summed E-state index contributed by atoms with van der Waals surface area (Å²) >= 11 is 0. The van der Waals surface area contributed by atoms with Crippen molar-refractivity contribution < 1.29 is 23.1 Å². The van der Waals surface area contributed by atoms with Gasteiger partial charge in [0.05, 0.1) is 12.2 Å². The van der Waals surface area contributed by atoms with Gasteiger partial charge in [-0.1, -0.05) is 84.0 Å². The van der Waals surface area contributed by atoms with Crippen molar-refractivity contribution in [3.63, 3.8) is 0 Å². The summed E-state index contributed by atoms with van der Waals surface area (Å²) < 4.78 is 23.1. The number of unbranched alkanes of at least 4 members (excludes halogenated alkanes) is 12. The maximum atomic E-state index is 11.6. The number of hydrogen-bond donors (Lipinski definition) is 2. The smallest absolute Gasteiger partial charge is 0.304 e. The molecular weight excluding hydrogens is 366 g/mol. The van der Waals surface area contributed by atoms with Crippen LogP contribution < -0.4 is 5.32 Å². The van der Waals surface area contributed by atoms with Gasteiger partial charge in [0.25, 0.3) is 0 Å². The van der Waals surface area contributed by atoms with Gasteiger partial charge in [0.1, 0.15) is 5.88 Å². The lowest BCUT2D eigenvalue weighted by atomic mass is 10.0. The fourth-order valence-corrected chi connectivity index (χ4v) is 3.91. The van der Waals surface area contributed by atoms with Crippen LogP contribution in [0.25, 0.3) is 0 Å². The molecule has 7 heteroatoms. The summed E-state index contributed by atoms with van der Waals surface area (Å²) in [5, 5.41) is 10.9. The van der Waals surface area contributed by atoms with Crippen LogP contribution in [0.2, 0.25) is 0 Å². The van der Waals surface area contributed by atoms with E-state index in [2.05, 4.69) is 12.2 Å². The number of rotatable bonds is 19. The van der Waals surface area contributed by atoms with E-state index in [1.54, 1.807) is 0 Å². The van der Waals surface area contributed by atoms with Crippen LogP contribution in [0.3, 0.4) is 0 Å². The summed E-state index contributed by atoms with van der Waals surface area (Å²) in [4.78, 5) is 22.0. The molecule has 160 valence electrons. The quantitative estimate of drug-likeness (QED) is 0.310. The van der Waals surface area contributed by atoms with Gasteiger partial charge in [0, 0.05) is 6.42 Å². The second-order valence-corrected chi connectivity index (χ2v) is 9.51. The predicted molar refractivity (Wildman–Crippen MR) is 109 cm³/mol. The van der Waals surface area contributed by atoms with Crippen LogP contribution >= 0.6 is 0 Å². The molecule has 0 atom stereocenters. The van der Waals surface area contributed by atoms with E-state index >= 15 is 0 Å². The van der Waals surface area contributed by atoms with Gasteiger partial charge in [-0.2, -0.15) is 0 Å². The van der Waals surface area contributed by atoms with E-state index in [4.69, 9.17) is 5.11 Å². The van der Waals surface area contributed by atoms with Gasteiger partial charge >= 0.3 is 5.97 Å². The Hall–Kier alpha value is -1.11. The zero-order valence-corrected chi connectivity index (χ0v) is 17.8. The summed E-state index contributed by atoms with van der Waals surface area (Å²) in [5.41, 5.74) is 0. The van der Waals surface area contributed by atoms with Gasteiger partial charge < -0.3 is 10.4 Å². The molecule has 0 heterocycles. The monoisotopic (exact) mass is 405 g/mol. The highest BCUT2D eigenvalue weighted by atomic mass is 32.2. The third-order valence-corrected chi connectivity index (χ3v) is 6.03. The van der Waals surface area contributed by atoms with E-state index < -0.39 is 33.9 Å². The lowest BCUT2D eigenvalue weighted by Crippen LogP contribution is -2.31. The lowest BCUT2D eigenvalue weighted by molar-refractivity contribution is -0.136. The number of aliphatic carboxylic acids is 1. The number of carboxylic acid groups (broad SMARTS) is 1. The normalized spacial score (nSPS) is 11.4. The first-order chi connectivity index (χ1) is 12.9. The molecule has 0 bridgehead atoms. The van der Waals surface area contributed by atoms with E-state index in [1.165, 1.54) is 64.2 Å². The van der Waals surface area contributed by atoms with Gasteiger partial charge in [0.2, 0.25) is 5.91 Å². The maximum absolute atomic E-state index is 11.6. The molecule has 0 aliphatic heterocycles. The minimum Gasteiger partial charge on any atom is -0.481 e. The number of carbonyl (C=O) groups excluding carboxylic acids is 1. The molecular formula is C20H39NO5S. The van der Waals surface area contributed by atoms with Crippen molar-refractivity contribution in [2.75, 3.05) is 11.6 Å². The first-order valence-corrected chi connectivity index (χ1v) is 12.4. The predicted octanol–water partition coefficient (Wildman–Crippen LogP) is 4.43. The fourth-order valence-electron chi connectivity index (χ4n) is 2.90. The van der Waals surface area contributed by atoms with Gasteiger partial charge in [-0.25, -0.2) is 8.42 Å². The Morgan fingerprint density at radius 1 is 0.741 bits per heavy atom. The zero-order valence-electron chi connectivity index (χ0n) is 17.0. The highest BCUT2D eigenvalue weighted by molar-refractivity contribution is 7.91. The van der Waals surface area contributed by atoms with Crippen LogP contribution in [-0.2, 0) is 19.4 Å². The van der Waals surface area contributed by atoms with Crippen molar-refractivity contribution in [3.05, 3.63) is 0 Å². The second kappa shape index (κ2) is 17.0. The van der Waals surface area contributed by atoms with Crippen LogP contribution in [0.15, 0.2) is 0 Å². The first kappa shape index (κ1) is 25.9. The molecule has 27 heavy (non-hydrogen) atoms. The third-order valence-electron chi connectivity index (χ3n) is 4.62. The average Bonchev–Trinajstić information content (AvgIpc) is 2.62. The first-order valence-electron chi connectivity index (χ1n) is 10.6. The molecule has 6 nitrogen and oxygen atoms in total.